The molecule has 1 atom stereocenters. The second kappa shape index (κ2) is 5.73. The van der Waals surface area contributed by atoms with Gasteiger partial charge < -0.3 is 20.3 Å². The van der Waals surface area contributed by atoms with Crippen molar-refractivity contribution in [2.75, 3.05) is 14.2 Å². The molecule has 0 spiro atoms. The summed E-state index contributed by atoms with van der Waals surface area (Å²) in [6.07, 6.45) is 0.209. The second-order valence-electron chi connectivity index (χ2n) is 4.18. The lowest BCUT2D eigenvalue weighted by Crippen LogP contribution is -2.33. The number of phenolic OH excluding ortho intramolecular Hbond substituents is 1. The van der Waals surface area contributed by atoms with Crippen LogP contribution in [0.3, 0.4) is 0 Å². The Hall–Kier alpha value is -1.75. The maximum absolute atomic E-state index is 11.3. The van der Waals surface area contributed by atoms with Gasteiger partial charge in [-0.25, -0.2) is 0 Å². The molecule has 0 fully saturated rings. The zero-order valence-corrected chi connectivity index (χ0v) is 11.1. The molecule has 18 heavy (non-hydrogen) atoms. The number of aromatic hydroxyl groups is 1. The molecule has 1 aromatic carbocycles. The summed E-state index contributed by atoms with van der Waals surface area (Å²) in [4.78, 5) is 11.3. The summed E-state index contributed by atoms with van der Waals surface area (Å²) in [5.41, 5.74) is 7.93. The number of hydrogen-bond donors (Lipinski definition) is 2. The van der Waals surface area contributed by atoms with Crippen molar-refractivity contribution >= 4 is 5.97 Å². The van der Waals surface area contributed by atoms with E-state index in [2.05, 4.69) is 4.74 Å². The van der Waals surface area contributed by atoms with Crippen molar-refractivity contribution in [1.29, 1.82) is 0 Å². The predicted octanol–water partition coefficient (Wildman–Crippen LogP) is 1.06. The summed E-state index contributed by atoms with van der Waals surface area (Å²) < 4.78 is 9.84. The minimum Gasteiger partial charge on any atom is -0.508 e. The molecule has 1 rings (SSSR count). The third kappa shape index (κ3) is 2.73. The number of carbonyl (C=O) groups is 1. The minimum absolute atomic E-state index is 0.116. The molecule has 0 aromatic heterocycles. The highest BCUT2D eigenvalue weighted by Gasteiger charge is 2.20. The van der Waals surface area contributed by atoms with E-state index < -0.39 is 12.0 Å². The summed E-state index contributed by atoms with van der Waals surface area (Å²) in [6.45, 7) is 3.67. The fourth-order valence-electron chi connectivity index (χ4n) is 2.01. The summed E-state index contributed by atoms with van der Waals surface area (Å²) in [5.74, 6) is 0.304. The molecule has 0 saturated carbocycles. The van der Waals surface area contributed by atoms with Gasteiger partial charge in [0.05, 0.1) is 14.2 Å². The first-order valence-corrected chi connectivity index (χ1v) is 5.61. The van der Waals surface area contributed by atoms with E-state index in [4.69, 9.17) is 10.5 Å². The number of nitrogens with two attached hydrogens (primary N) is 1. The Morgan fingerprint density at radius 3 is 2.56 bits per heavy atom. The number of ether oxygens (including phenoxy) is 2. The molecule has 0 aliphatic heterocycles. The van der Waals surface area contributed by atoms with Crippen molar-refractivity contribution in [3.8, 4) is 11.5 Å². The van der Waals surface area contributed by atoms with Gasteiger partial charge in [0.25, 0.3) is 0 Å². The van der Waals surface area contributed by atoms with Crippen LogP contribution >= 0.6 is 0 Å². The maximum Gasteiger partial charge on any atom is 0.322 e. The summed E-state index contributed by atoms with van der Waals surface area (Å²) >= 11 is 0. The van der Waals surface area contributed by atoms with Gasteiger partial charge in [0.15, 0.2) is 0 Å². The summed E-state index contributed by atoms with van der Waals surface area (Å²) in [7, 11) is 2.85. The first kappa shape index (κ1) is 14.3. The van der Waals surface area contributed by atoms with Crippen molar-refractivity contribution in [2.45, 2.75) is 26.3 Å². The van der Waals surface area contributed by atoms with Gasteiger partial charge in [-0.15, -0.1) is 0 Å². The van der Waals surface area contributed by atoms with Crippen LogP contribution in [0, 0.1) is 13.8 Å². The summed E-state index contributed by atoms with van der Waals surface area (Å²) in [5, 5.41) is 9.93. The van der Waals surface area contributed by atoms with Crippen LogP contribution in [0.5, 0.6) is 11.5 Å². The van der Waals surface area contributed by atoms with E-state index in [0.29, 0.717) is 11.3 Å². The van der Waals surface area contributed by atoms with Gasteiger partial charge in [-0.05, 0) is 31.0 Å². The van der Waals surface area contributed by atoms with Crippen molar-refractivity contribution in [2.24, 2.45) is 5.73 Å². The van der Waals surface area contributed by atoms with Crippen LogP contribution in [0.2, 0.25) is 0 Å². The Morgan fingerprint density at radius 1 is 1.44 bits per heavy atom. The molecule has 0 aliphatic rings. The zero-order valence-electron chi connectivity index (χ0n) is 11.1. The van der Waals surface area contributed by atoms with E-state index in [1.165, 1.54) is 7.11 Å². The molecule has 0 saturated heterocycles. The maximum atomic E-state index is 11.3. The van der Waals surface area contributed by atoms with E-state index >= 15 is 0 Å². The molecule has 0 radical (unpaired) electrons. The number of phenols is 1. The fourth-order valence-corrected chi connectivity index (χ4v) is 2.01. The highest BCUT2D eigenvalue weighted by molar-refractivity contribution is 5.76. The van der Waals surface area contributed by atoms with Gasteiger partial charge in [0, 0.05) is 12.0 Å². The van der Waals surface area contributed by atoms with Crippen molar-refractivity contribution < 1.29 is 19.4 Å². The van der Waals surface area contributed by atoms with Crippen LogP contribution in [0.4, 0.5) is 0 Å². The van der Waals surface area contributed by atoms with E-state index in [9.17, 15) is 9.90 Å². The highest BCUT2D eigenvalue weighted by atomic mass is 16.5. The van der Waals surface area contributed by atoms with Gasteiger partial charge in [-0.1, -0.05) is 0 Å². The SMILES string of the molecule is COC(=O)C(N)Cc1c(O)cc(C)c(OC)c1C. The Bertz CT molecular complexity index is 457. The van der Waals surface area contributed by atoms with Gasteiger partial charge in [0.1, 0.15) is 17.5 Å². The first-order valence-electron chi connectivity index (χ1n) is 5.61. The molecule has 1 unspecified atom stereocenters. The second-order valence-corrected chi connectivity index (χ2v) is 4.18. The molecule has 3 N–H and O–H groups in total. The Morgan fingerprint density at radius 2 is 2.06 bits per heavy atom. The lowest BCUT2D eigenvalue weighted by atomic mass is 9.97. The topological polar surface area (TPSA) is 81.8 Å². The van der Waals surface area contributed by atoms with Gasteiger partial charge in [0.2, 0.25) is 0 Å². The molecule has 0 amide bonds. The largest absolute Gasteiger partial charge is 0.508 e. The lowest BCUT2D eigenvalue weighted by Gasteiger charge is -2.17. The molecular formula is C13H19NO4. The number of methoxy groups -OCH3 is 2. The Balaban J connectivity index is 3.13. The van der Waals surface area contributed by atoms with E-state index in [-0.39, 0.29) is 12.2 Å². The molecule has 0 aliphatic carbocycles. The fraction of sp³-hybridized carbons (Fsp3) is 0.462. The van der Waals surface area contributed by atoms with Crippen LogP contribution in [0.1, 0.15) is 16.7 Å². The van der Waals surface area contributed by atoms with Gasteiger partial charge in [-0.2, -0.15) is 0 Å². The van der Waals surface area contributed by atoms with Crippen molar-refractivity contribution in [3.63, 3.8) is 0 Å². The van der Waals surface area contributed by atoms with E-state index in [0.717, 1.165) is 11.1 Å². The Kier molecular flexibility index (Phi) is 4.55. The van der Waals surface area contributed by atoms with Crippen molar-refractivity contribution in [1.82, 2.24) is 0 Å². The third-order valence-corrected chi connectivity index (χ3v) is 2.95. The third-order valence-electron chi connectivity index (χ3n) is 2.95. The molecule has 1 aromatic rings. The molecule has 0 bridgehead atoms. The average molecular weight is 253 g/mol. The number of rotatable bonds is 4. The van der Waals surface area contributed by atoms with E-state index in [1.807, 2.05) is 13.8 Å². The molecule has 5 nitrogen and oxygen atoms in total. The van der Waals surface area contributed by atoms with Gasteiger partial charge in [-0.3, -0.25) is 4.79 Å². The van der Waals surface area contributed by atoms with Crippen LogP contribution in [0.15, 0.2) is 6.07 Å². The van der Waals surface area contributed by atoms with Crippen LogP contribution in [0.25, 0.3) is 0 Å². The number of esters is 1. The Labute approximate surface area is 107 Å². The molecular weight excluding hydrogens is 234 g/mol. The normalized spacial score (nSPS) is 12.1. The van der Waals surface area contributed by atoms with Crippen LogP contribution in [-0.4, -0.2) is 31.3 Å². The van der Waals surface area contributed by atoms with Crippen molar-refractivity contribution in [3.05, 3.63) is 22.8 Å². The highest BCUT2D eigenvalue weighted by Crippen LogP contribution is 2.33. The number of benzene rings is 1. The molecule has 0 heterocycles. The standard InChI is InChI=1S/C13H19NO4/c1-7-5-11(15)9(8(2)12(7)17-3)6-10(14)13(16)18-4/h5,10,15H,6,14H2,1-4H3. The molecule has 5 heteroatoms. The lowest BCUT2D eigenvalue weighted by molar-refractivity contribution is -0.142. The van der Waals surface area contributed by atoms with Crippen LogP contribution < -0.4 is 10.5 Å². The number of hydrogen-bond acceptors (Lipinski definition) is 5. The predicted molar refractivity (Wildman–Crippen MR) is 67.8 cm³/mol. The quantitative estimate of drug-likeness (QED) is 0.784. The average Bonchev–Trinajstić information content (AvgIpc) is 2.33. The number of carbonyl (C=O) groups excluding carboxylic acids is 1. The monoisotopic (exact) mass is 253 g/mol. The smallest absolute Gasteiger partial charge is 0.322 e. The van der Waals surface area contributed by atoms with E-state index in [1.54, 1.807) is 13.2 Å². The zero-order chi connectivity index (χ0) is 13.9. The molecule has 100 valence electrons. The summed E-state index contributed by atoms with van der Waals surface area (Å²) in [6, 6.07) is 0.803. The number of aryl methyl sites for hydroxylation is 1. The first-order chi connectivity index (χ1) is 8.42. The minimum atomic E-state index is -0.799. The van der Waals surface area contributed by atoms with Gasteiger partial charge >= 0.3 is 5.97 Å². The van der Waals surface area contributed by atoms with Crippen LogP contribution in [-0.2, 0) is 16.0 Å².